The van der Waals surface area contributed by atoms with Gasteiger partial charge < -0.3 is 14.8 Å². The second-order valence-electron chi connectivity index (χ2n) is 5.14. The summed E-state index contributed by atoms with van der Waals surface area (Å²) in [6.45, 7) is 3.47. The molecule has 0 fully saturated rings. The number of nitrogens with one attached hydrogen (secondary N) is 1. The highest BCUT2D eigenvalue weighted by atomic mass is 16.6. The molecule has 2 heterocycles. The van der Waals surface area contributed by atoms with Gasteiger partial charge in [0.2, 0.25) is 6.54 Å². The number of hydrogen-bond acceptors (Lipinski definition) is 3. The lowest BCUT2D eigenvalue weighted by Crippen LogP contribution is -2.39. The third-order valence-electron chi connectivity index (χ3n) is 3.52. The van der Waals surface area contributed by atoms with Crippen molar-refractivity contribution in [3.8, 4) is 11.5 Å². The number of pyridine rings is 1. The molecule has 0 aliphatic carbocycles. The third-order valence-corrected chi connectivity index (χ3v) is 3.52. The summed E-state index contributed by atoms with van der Waals surface area (Å²) in [7, 11) is 0. The predicted molar refractivity (Wildman–Crippen MR) is 82.1 cm³/mol. The van der Waals surface area contributed by atoms with E-state index in [4.69, 9.17) is 9.47 Å². The molecule has 1 N–H and O–H groups in total. The van der Waals surface area contributed by atoms with Gasteiger partial charge in [-0.25, -0.2) is 0 Å². The van der Waals surface area contributed by atoms with E-state index in [1.165, 1.54) is 5.56 Å². The van der Waals surface area contributed by atoms with Gasteiger partial charge in [0.1, 0.15) is 13.2 Å². The Morgan fingerprint density at radius 2 is 1.86 bits per heavy atom. The maximum absolute atomic E-state index is 12.1. The van der Waals surface area contributed by atoms with Crippen LogP contribution in [0.15, 0.2) is 42.7 Å². The molecule has 5 nitrogen and oxygen atoms in total. The van der Waals surface area contributed by atoms with Crippen LogP contribution in [-0.4, -0.2) is 19.1 Å². The van der Waals surface area contributed by atoms with Crippen molar-refractivity contribution in [2.75, 3.05) is 18.5 Å². The van der Waals surface area contributed by atoms with Crippen molar-refractivity contribution < 1.29 is 18.8 Å². The van der Waals surface area contributed by atoms with Crippen LogP contribution in [0.4, 0.5) is 5.69 Å². The highest BCUT2D eigenvalue weighted by molar-refractivity contribution is 5.90. The molecule has 0 atom stereocenters. The average molecular weight is 299 g/mol. The van der Waals surface area contributed by atoms with Gasteiger partial charge in [-0.05, 0) is 24.1 Å². The molecular formula is C17H19N2O3+. The number of benzene rings is 1. The molecule has 5 heteroatoms. The number of aryl methyl sites for hydroxylation is 1. The predicted octanol–water partition coefficient (Wildman–Crippen LogP) is 1.95. The molecule has 1 aliphatic heterocycles. The van der Waals surface area contributed by atoms with Crippen molar-refractivity contribution in [2.24, 2.45) is 0 Å². The molecule has 1 aromatic carbocycles. The minimum Gasteiger partial charge on any atom is -0.486 e. The molecular weight excluding hydrogens is 280 g/mol. The standard InChI is InChI=1S/C17H18N2O3/c1-2-13-5-7-19(8-6-13)12-17(20)18-14-3-4-15-16(11-14)22-10-9-21-15/h3-8,11H,2,9-10,12H2,1H3/p+1. The first-order chi connectivity index (χ1) is 10.7. The van der Waals surface area contributed by atoms with Gasteiger partial charge in [-0.3, -0.25) is 4.79 Å². The van der Waals surface area contributed by atoms with Crippen LogP contribution < -0.4 is 19.4 Å². The van der Waals surface area contributed by atoms with Crippen molar-refractivity contribution in [3.05, 3.63) is 48.3 Å². The van der Waals surface area contributed by atoms with Gasteiger partial charge in [0.25, 0.3) is 5.91 Å². The maximum Gasteiger partial charge on any atom is 0.290 e. The van der Waals surface area contributed by atoms with Crippen molar-refractivity contribution >= 4 is 11.6 Å². The van der Waals surface area contributed by atoms with Gasteiger partial charge in [-0.15, -0.1) is 0 Å². The summed E-state index contributed by atoms with van der Waals surface area (Å²) in [5, 5.41) is 2.87. The molecule has 1 aromatic heterocycles. The van der Waals surface area contributed by atoms with Crippen molar-refractivity contribution in [1.29, 1.82) is 0 Å². The van der Waals surface area contributed by atoms with E-state index in [1.54, 1.807) is 6.07 Å². The zero-order chi connectivity index (χ0) is 15.4. The zero-order valence-corrected chi connectivity index (χ0v) is 12.5. The van der Waals surface area contributed by atoms with Gasteiger partial charge in [0.15, 0.2) is 23.9 Å². The minimum absolute atomic E-state index is 0.0778. The maximum atomic E-state index is 12.1. The Labute approximate surface area is 129 Å². The normalized spacial score (nSPS) is 12.8. The molecule has 1 aliphatic rings. The monoisotopic (exact) mass is 299 g/mol. The number of carbonyl (C=O) groups is 1. The van der Waals surface area contributed by atoms with E-state index in [0.29, 0.717) is 30.4 Å². The summed E-state index contributed by atoms with van der Waals surface area (Å²) in [6, 6.07) is 9.47. The van der Waals surface area contributed by atoms with Crippen LogP contribution in [0.25, 0.3) is 0 Å². The fourth-order valence-corrected chi connectivity index (χ4v) is 2.32. The fourth-order valence-electron chi connectivity index (χ4n) is 2.32. The van der Waals surface area contributed by atoms with E-state index in [9.17, 15) is 4.79 Å². The lowest BCUT2D eigenvalue weighted by Gasteiger charge is -2.18. The van der Waals surface area contributed by atoms with Crippen molar-refractivity contribution in [3.63, 3.8) is 0 Å². The molecule has 0 radical (unpaired) electrons. The molecule has 0 saturated carbocycles. The largest absolute Gasteiger partial charge is 0.486 e. The highest BCUT2D eigenvalue weighted by Gasteiger charge is 2.14. The third kappa shape index (κ3) is 3.36. The molecule has 0 bridgehead atoms. The number of aromatic nitrogens is 1. The summed E-state index contributed by atoms with van der Waals surface area (Å²) < 4.78 is 12.8. The van der Waals surface area contributed by atoms with Crippen molar-refractivity contribution in [2.45, 2.75) is 19.9 Å². The SMILES string of the molecule is CCc1cc[n+](CC(=O)Nc2ccc3c(c2)OCCO3)cc1. The summed E-state index contributed by atoms with van der Waals surface area (Å²) >= 11 is 0. The van der Waals surface area contributed by atoms with E-state index >= 15 is 0 Å². The molecule has 3 rings (SSSR count). The van der Waals surface area contributed by atoms with Crippen LogP contribution in [0.1, 0.15) is 12.5 Å². The number of fused-ring (bicyclic) bond motifs is 1. The van der Waals surface area contributed by atoms with Crippen LogP contribution in [0.2, 0.25) is 0 Å². The average Bonchev–Trinajstić information content (AvgIpc) is 2.55. The lowest BCUT2D eigenvalue weighted by molar-refractivity contribution is -0.684. The van der Waals surface area contributed by atoms with E-state index in [0.717, 1.165) is 6.42 Å². The Bertz CT molecular complexity index is 668. The first-order valence-electron chi connectivity index (χ1n) is 7.42. The van der Waals surface area contributed by atoms with Crippen LogP contribution in [0.5, 0.6) is 11.5 Å². The van der Waals surface area contributed by atoms with Crippen LogP contribution in [0.3, 0.4) is 0 Å². The van der Waals surface area contributed by atoms with Crippen LogP contribution in [0, 0.1) is 0 Å². The summed E-state index contributed by atoms with van der Waals surface area (Å²) in [5.41, 5.74) is 1.96. The summed E-state index contributed by atoms with van der Waals surface area (Å²) in [5.74, 6) is 1.31. The van der Waals surface area contributed by atoms with E-state index in [-0.39, 0.29) is 12.5 Å². The Hall–Kier alpha value is -2.56. The number of ether oxygens (including phenoxy) is 2. The number of rotatable bonds is 4. The van der Waals surface area contributed by atoms with Crippen molar-refractivity contribution in [1.82, 2.24) is 0 Å². The topological polar surface area (TPSA) is 51.4 Å². The second-order valence-corrected chi connectivity index (χ2v) is 5.14. The first-order valence-corrected chi connectivity index (χ1v) is 7.42. The highest BCUT2D eigenvalue weighted by Crippen LogP contribution is 2.32. The molecule has 22 heavy (non-hydrogen) atoms. The number of nitrogens with zero attached hydrogens (tertiary/aromatic N) is 1. The number of anilines is 1. The molecule has 0 saturated heterocycles. The number of amides is 1. The van der Waals surface area contributed by atoms with E-state index in [1.807, 2.05) is 41.2 Å². The van der Waals surface area contributed by atoms with Gasteiger partial charge >= 0.3 is 0 Å². The Morgan fingerprint density at radius 3 is 2.59 bits per heavy atom. The summed E-state index contributed by atoms with van der Waals surface area (Å²) in [4.78, 5) is 12.1. The van der Waals surface area contributed by atoms with Crippen LogP contribution >= 0.6 is 0 Å². The van der Waals surface area contributed by atoms with Gasteiger partial charge in [0, 0.05) is 23.9 Å². The Kier molecular flexibility index (Phi) is 4.23. The first kappa shape index (κ1) is 14.4. The molecule has 0 unspecified atom stereocenters. The smallest absolute Gasteiger partial charge is 0.290 e. The molecule has 1 amide bonds. The van der Waals surface area contributed by atoms with E-state index in [2.05, 4.69) is 12.2 Å². The lowest BCUT2D eigenvalue weighted by atomic mass is 10.2. The Morgan fingerprint density at radius 1 is 1.14 bits per heavy atom. The quantitative estimate of drug-likeness (QED) is 0.878. The zero-order valence-electron chi connectivity index (χ0n) is 12.5. The molecule has 0 spiro atoms. The van der Waals surface area contributed by atoms with Gasteiger partial charge in [-0.2, -0.15) is 4.57 Å². The second kappa shape index (κ2) is 6.47. The number of hydrogen-bond donors (Lipinski definition) is 1. The molecule has 2 aromatic rings. The van der Waals surface area contributed by atoms with Crippen LogP contribution in [-0.2, 0) is 17.8 Å². The number of carbonyl (C=O) groups excluding carboxylic acids is 1. The summed E-state index contributed by atoms with van der Waals surface area (Å²) in [6.07, 6.45) is 4.83. The molecule has 114 valence electrons. The van der Waals surface area contributed by atoms with Gasteiger partial charge in [0.05, 0.1) is 0 Å². The minimum atomic E-state index is -0.0778. The fraction of sp³-hybridized carbons (Fsp3) is 0.294. The van der Waals surface area contributed by atoms with E-state index < -0.39 is 0 Å². The van der Waals surface area contributed by atoms with Gasteiger partial charge in [-0.1, -0.05) is 6.92 Å². The Balaban J connectivity index is 1.63.